The van der Waals surface area contributed by atoms with Gasteiger partial charge in [0.25, 0.3) is 5.91 Å². The van der Waals surface area contributed by atoms with Crippen molar-refractivity contribution >= 4 is 16.9 Å². The third-order valence-corrected chi connectivity index (χ3v) is 3.80. The van der Waals surface area contributed by atoms with Crippen LogP contribution in [0.4, 0.5) is 0 Å². The molecule has 7 nitrogen and oxygen atoms in total. The fourth-order valence-electron chi connectivity index (χ4n) is 2.52. The van der Waals surface area contributed by atoms with Gasteiger partial charge in [-0.25, -0.2) is 9.97 Å². The Kier molecular flexibility index (Phi) is 3.88. The molecule has 4 rings (SSSR count). The van der Waals surface area contributed by atoms with Crippen LogP contribution < -0.4 is 5.32 Å². The van der Waals surface area contributed by atoms with Crippen LogP contribution in [-0.2, 0) is 6.54 Å². The van der Waals surface area contributed by atoms with Crippen LogP contribution in [0.25, 0.3) is 22.3 Å². The van der Waals surface area contributed by atoms with E-state index in [1.165, 1.54) is 6.33 Å². The van der Waals surface area contributed by atoms with Crippen LogP contribution in [0.3, 0.4) is 0 Å². The number of aromatic nitrogens is 5. The molecule has 0 unspecified atom stereocenters. The maximum absolute atomic E-state index is 12.3. The van der Waals surface area contributed by atoms with E-state index in [9.17, 15) is 4.79 Å². The highest BCUT2D eigenvalue weighted by Gasteiger charge is 2.09. The Morgan fingerprint density at radius 3 is 2.68 bits per heavy atom. The zero-order valence-corrected chi connectivity index (χ0v) is 13.2. The summed E-state index contributed by atoms with van der Waals surface area (Å²) in [6.07, 6.45) is 1.51. The van der Waals surface area contributed by atoms with Crippen molar-refractivity contribution in [1.82, 2.24) is 30.7 Å². The lowest BCUT2D eigenvalue weighted by Crippen LogP contribution is -2.23. The van der Waals surface area contributed by atoms with E-state index in [1.54, 1.807) is 18.2 Å². The van der Waals surface area contributed by atoms with Crippen molar-refractivity contribution in [3.63, 3.8) is 0 Å². The molecule has 122 valence electrons. The lowest BCUT2D eigenvalue weighted by atomic mass is 10.1. The molecule has 0 aliphatic carbocycles. The molecule has 4 aromatic rings. The predicted molar refractivity (Wildman–Crippen MR) is 92.5 cm³/mol. The Balaban J connectivity index is 1.48. The highest BCUT2D eigenvalue weighted by atomic mass is 16.1. The van der Waals surface area contributed by atoms with Gasteiger partial charge in [0.1, 0.15) is 17.4 Å². The number of hydrogen-bond donors (Lipinski definition) is 2. The first-order valence-corrected chi connectivity index (χ1v) is 7.75. The summed E-state index contributed by atoms with van der Waals surface area (Å²) in [5.74, 6) is -0.190. The normalized spacial score (nSPS) is 10.7. The second-order valence-corrected chi connectivity index (χ2v) is 5.47. The third kappa shape index (κ3) is 3.20. The standard InChI is InChI=1S/C18H14N6O/c25-18(13-6-7-15-17(8-13)23-24-22-15)19-10-14-9-16(21-11-20-14)12-4-2-1-3-5-12/h1-9,11H,10H2,(H,19,25)(H,22,23,24). The number of nitrogens with one attached hydrogen (secondary N) is 2. The molecule has 2 N–H and O–H groups in total. The van der Waals surface area contributed by atoms with Crippen molar-refractivity contribution in [3.8, 4) is 11.3 Å². The summed E-state index contributed by atoms with van der Waals surface area (Å²) in [5, 5.41) is 13.4. The van der Waals surface area contributed by atoms with Crippen LogP contribution in [0.2, 0.25) is 0 Å². The molecule has 1 amide bonds. The van der Waals surface area contributed by atoms with Crippen molar-refractivity contribution in [3.05, 3.63) is 72.2 Å². The van der Waals surface area contributed by atoms with E-state index < -0.39 is 0 Å². The molecule has 0 bridgehead atoms. The lowest BCUT2D eigenvalue weighted by molar-refractivity contribution is 0.0950. The maximum Gasteiger partial charge on any atom is 0.251 e. The first kappa shape index (κ1) is 14.9. The van der Waals surface area contributed by atoms with Crippen LogP contribution in [0.5, 0.6) is 0 Å². The molecule has 0 fully saturated rings. The molecule has 0 radical (unpaired) electrons. The summed E-state index contributed by atoms with van der Waals surface area (Å²) in [6, 6.07) is 16.9. The lowest BCUT2D eigenvalue weighted by Gasteiger charge is -2.06. The summed E-state index contributed by atoms with van der Waals surface area (Å²) in [7, 11) is 0. The van der Waals surface area contributed by atoms with E-state index in [0.717, 1.165) is 22.5 Å². The number of hydrogen-bond acceptors (Lipinski definition) is 5. The molecule has 0 atom stereocenters. The van der Waals surface area contributed by atoms with Crippen molar-refractivity contribution < 1.29 is 4.79 Å². The van der Waals surface area contributed by atoms with Crippen LogP contribution in [0.15, 0.2) is 60.9 Å². The zero-order valence-electron chi connectivity index (χ0n) is 13.2. The second-order valence-electron chi connectivity index (χ2n) is 5.47. The molecule has 0 spiro atoms. The SMILES string of the molecule is O=C(NCc1cc(-c2ccccc2)ncn1)c1ccc2n[nH]nc2c1. The Morgan fingerprint density at radius 2 is 1.80 bits per heavy atom. The minimum atomic E-state index is -0.190. The molecular formula is C18H14N6O. The van der Waals surface area contributed by atoms with Gasteiger partial charge in [-0.1, -0.05) is 30.3 Å². The van der Waals surface area contributed by atoms with Gasteiger partial charge in [-0.15, -0.1) is 0 Å². The van der Waals surface area contributed by atoms with E-state index in [4.69, 9.17) is 0 Å². The van der Waals surface area contributed by atoms with E-state index in [1.807, 2.05) is 36.4 Å². The van der Waals surface area contributed by atoms with Crippen LogP contribution in [0.1, 0.15) is 16.1 Å². The van der Waals surface area contributed by atoms with Gasteiger partial charge in [-0.05, 0) is 24.3 Å². The summed E-state index contributed by atoms with van der Waals surface area (Å²) < 4.78 is 0. The number of nitrogens with zero attached hydrogens (tertiary/aromatic N) is 4. The number of amides is 1. The second kappa shape index (κ2) is 6.48. The third-order valence-electron chi connectivity index (χ3n) is 3.80. The van der Waals surface area contributed by atoms with Crippen LogP contribution in [0, 0.1) is 0 Å². The van der Waals surface area contributed by atoms with E-state index >= 15 is 0 Å². The Hall–Kier alpha value is -3.61. The highest BCUT2D eigenvalue weighted by Crippen LogP contribution is 2.16. The average molecular weight is 330 g/mol. The number of rotatable bonds is 4. The molecule has 7 heteroatoms. The predicted octanol–water partition coefficient (Wildman–Crippen LogP) is 2.34. The van der Waals surface area contributed by atoms with Gasteiger partial charge in [0.2, 0.25) is 0 Å². The minimum Gasteiger partial charge on any atom is -0.346 e. The van der Waals surface area contributed by atoms with Gasteiger partial charge < -0.3 is 5.32 Å². The van der Waals surface area contributed by atoms with Gasteiger partial charge in [-0.3, -0.25) is 4.79 Å². The molecule has 2 aromatic heterocycles. The highest BCUT2D eigenvalue weighted by molar-refractivity contribution is 5.97. The number of fused-ring (bicyclic) bond motifs is 1. The van der Waals surface area contributed by atoms with Gasteiger partial charge in [0, 0.05) is 11.1 Å². The maximum atomic E-state index is 12.3. The largest absolute Gasteiger partial charge is 0.346 e. The fraction of sp³-hybridized carbons (Fsp3) is 0.0556. The fourth-order valence-corrected chi connectivity index (χ4v) is 2.52. The van der Waals surface area contributed by atoms with E-state index in [-0.39, 0.29) is 5.91 Å². The number of H-pyrrole nitrogens is 1. The summed E-state index contributed by atoms with van der Waals surface area (Å²) in [5.41, 5.74) is 4.47. The Labute approximate surface area is 143 Å². The Bertz CT molecular complexity index is 1030. The zero-order chi connectivity index (χ0) is 17.1. The van der Waals surface area contributed by atoms with Crippen molar-refractivity contribution in [2.24, 2.45) is 0 Å². The molecule has 2 heterocycles. The van der Waals surface area contributed by atoms with Crippen molar-refractivity contribution in [2.75, 3.05) is 0 Å². The topological polar surface area (TPSA) is 96.5 Å². The minimum absolute atomic E-state index is 0.190. The van der Waals surface area contributed by atoms with Gasteiger partial charge in [-0.2, -0.15) is 15.4 Å². The van der Waals surface area contributed by atoms with Crippen LogP contribution in [-0.4, -0.2) is 31.3 Å². The molecule has 25 heavy (non-hydrogen) atoms. The number of aromatic amines is 1. The molecule has 0 aliphatic rings. The Morgan fingerprint density at radius 1 is 0.960 bits per heavy atom. The first-order valence-electron chi connectivity index (χ1n) is 7.75. The van der Waals surface area contributed by atoms with Crippen molar-refractivity contribution in [1.29, 1.82) is 0 Å². The number of carbonyl (C=O) groups is 1. The van der Waals surface area contributed by atoms with E-state index in [2.05, 4.69) is 30.7 Å². The van der Waals surface area contributed by atoms with Gasteiger partial charge >= 0.3 is 0 Å². The van der Waals surface area contributed by atoms with E-state index in [0.29, 0.717) is 17.6 Å². The molecule has 2 aromatic carbocycles. The van der Waals surface area contributed by atoms with Gasteiger partial charge in [0.05, 0.1) is 17.9 Å². The van der Waals surface area contributed by atoms with Gasteiger partial charge in [0.15, 0.2) is 0 Å². The molecule has 0 aliphatic heterocycles. The molecular weight excluding hydrogens is 316 g/mol. The number of benzene rings is 2. The quantitative estimate of drug-likeness (QED) is 0.599. The first-order chi connectivity index (χ1) is 12.3. The number of carbonyl (C=O) groups excluding carboxylic acids is 1. The smallest absolute Gasteiger partial charge is 0.251 e. The summed E-state index contributed by atoms with van der Waals surface area (Å²) in [6.45, 7) is 0.317. The average Bonchev–Trinajstić information content (AvgIpc) is 3.15. The molecule has 0 saturated heterocycles. The monoisotopic (exact) mass is 330 g/mol. The molecule has 0 saturated carbocycles. The van der Waals surface area contributed by atoms with Crippen molar-refractivity contribution in [2.45, 2.75) is 6.54 Å². The summed E-state index contributed by atoms with van der Waals surface area (Å²) >= 11 is 0. The summed E-state index contributed by atoms with van der Waals surface area (Å²) in [4.78, 5) is 20.8. The van der Waals surface area contributed by atoms with Crippen LogP contribution >= 0.6 is 0 Å².